The van der Waals surface area contributed by atoms with Crippen LogP contribution in [0, 0.1) is 0 Å². The van der Waals surface area contributed by atoms with Gasteiger partial charge < -0.3 is 10.1 Å². The van der Waals surface area contributed by atoms with E-state index in [-0.39, 0.29) is 5.91 Å². The summed E-state index contributed by atoms with van der Waals surface area (Å²) in [5.74, 6) is 0.737. The van der Waals surface area contributed by atoms with Gasteiger partial charge in [-0.2, -0.15) is 0 Å². The number of ether oxygens (including phenoxy) is 1. The molecular formula is C13H17BrClNO2. The lowest BCUT2D eigenvalue weighted by Gasteiger charge is -2.11. The number of alkyl halides is 1. The number of unbranched alkanes of at least 4 members (excludes halogenated alkanes) is 1. The molecule has 0 aliphatic rings. The number of carbonyl (C=O) groups is 1. The molecule has 0 heterocycles. The predicted octanol–water partition coefficient (Wildman–Crippen LogP) is 3.53. The molecule has 18 heavy (non-hydrogen) atoms. The van der Waals surface area contributed by atoms with Crippen LogP contribution in [-0.4, -0.2) is 18.3 Å². The smallest absolute Gasteiger partial charge is 0.220 e. The van der Waals surface area contributed by atoms with Gasteiger partial charge in [0.2, 0.25) is 5.91 Å². The number of amides is 1. The minimum atomic E-state index is 0.0397. The summed E-state index contributed by atoms with van der Waals surface area (Å²) in [5.41, 5.74) is 0.815. The first-order chi connectivity index (χ1) is 8.69. The first kappa shape index (κ1) is 15.3. The SMILES string of the molecule is COc1cccc(Cl)c1CNC(=O)CCCCBr. The minimum absolute atomic E-state index is 0.0397. The van der Waals surface area contributed by atoms with Gasteiger partial charge in [-0.25, -0.2) is 0 Å². The van der Waals surface area contributed by atoms with E-state index in [4.69, 9.17) is 16.3 Å². The van der Waals surface area contributed by atoms with Gasteiger partial charge in [0.25, 0.3) is 0 Å². The monoisotopic (exact) mass is 333 g/mol. The lowest BCUT2D eigenvalue weighted by atomic mass is 10.2. The van der Waals surface area contributed by atoms with Crippen molar-refractivity contribution in [3.8, 4) is 5.75 Å². The Kier molecular flexibility index (Phi) is 7.13. The molecule has 0 spiro atoms. The van der Waals surface area contributed by atoms with E-state index >= 15 is 0 Å². The molecule has 1 aromatic rings. The molecule has 1 aromatic carbocycles. The van der Waals surface area contributed by atoms with Gasteiger partial charge in [-0.05, 0) is 25.0 Å². The lowest BCUT2D eigenvalue weighted by molar-refractivity contribution is -0.121. The summed E-state index contributed by atoms with van der Waals surface area (Å²) in [4.78, 5) is 11.6. The van der Waals surface area contributed by atoms with E-state index in [0.717, 1.165) is 23.7 Å². The summed E-state index contributed by atoms with van der Waals surface area (Å²) in [5, 5.41) is 4.39. The number of hydrogen-bond acceptors (Lipinski definition) is 2. The fraction of sp³-hybridized carbons (Fsp3) is 0.462. The second kappa shape index (κ2) is 8.38. The second-order valence-corrected chi connectivity index (χ2v) is 5.04. The Morgan fingerprint density at radius 1 is 1.44 bits per heavy atom. The zero-order valence-electron chi connectivity index (χ0n) is 10.3. The van der Waals surface area contributed by atoms with E-state index in [1.807, 2.05) is 12.1 Å². The van der Waals surface area contributed by atoms with Crippen molar-refractivity contribution in [3.05, 3.63) is 28.8 Å². The maximum absolute atomic E-state index is 11.6. The van der Waals surface area contributed by atoms with Gasteiger partial charge in [0.15, 0.2) is 0 Å². The van der Waals surface area contributed by atoms with Gasteiger partial charge in [0.05, 0.1) is 7.11 Å². The highest BCUT2D eigenvalue weighted by Gasteiger charge is 2.09. The average molecular weight is 335 g/mol. The van der Waals surface area contributed by atoms with Crippen LogP contribution in [-0.2, 0) is 11.3 Å². The Bertz CT molecular complexity index is 399. The predicted molar refractivity (Wildman–Crippen MR) is 77.5 cm³/mol. The largest absolute Gasteiger partial charge is 0.496 e. The number of methoxy groups -OCH3 is 1. The van der Waals surface area contributed by atoms with Gasteiger partial charge in [-0.1, -0.05) is 33.6 Å². The topological polar surface area (TPSA) is 38.3 Å². The summed E-state index contributed by atoms with van der Waals surface area (Å²) < 4.78 is 5.22. The number of nitrogens with one attached hydrogen (secondary N) is 1. The fourth-order valence-electron chi connectivity index (χ4n) is 1.56. The van der Waals surface area contributed by atoms with Crippen LogP contribution < -0.4 is 10.1 Å². The number of hydrogen-bond donors (Lipinski definition) is 1. The zero-order chi connectivity index (χ0) is 13.4. The zero-order valence-corrected chi connectivity index (χ0v) is 12.7. The molecule has 100 valence electrons. The third kappa shape index (κ3) is 4.86. The van der Waals surface area contributed by atoms with E-state index in [9.17, 15) is 4.79 Å². The van der Waals surface area contributed by atoms with Crippen molar-refractivity contribution < 1.29 is 9.53 Å². The maximum Gasteiger partial charge on any atom is 0.220 e. The van der Waals surface area contributed by atoms with Crippen molar-refractivity contribution in [3.63, 3.8) is 0 Å². The Morgan fingerprint density at radius 3 is 2.89 bits per heavy atom. The Morgan fingerprint density at radius 2 is 2.22 bits per heavy atom. The summed E-state index contributed by atoms with van der Waals surface area (Å²) >= 11 is 9.42. The molecule has 5 heteroatoms. The van der Waals surface area contributed by atoms with Crippen molar-refractivity contribution in [1.82, 2.24) is 5.32 Å². The fourth-order valence-corrected chi connectivity index (χ4v) is 2.19. The third-order valence-corrected chi connectivity index (χ3v) is 3.46. The van der Waals surface area contributed by atoms with E-state index < -0.39 is 0 Å². The summed E-state index contributed by atoms with van der Waals surface area (Å²) in [7, 11) is 1.59. The van der Waals surface area contributed by atoms with Crippen molar-refractivity contribution in [2.75, 3.05) is 12.4 Å². The molecule has 0 atom stereocenters. The molecule has 0 aliphatic heterocycles. The first-order valence-electron chi connectivity index (χ1n) is 5.83. The van der Waals surface area contributed by atoms with Gasteiger partial charge in [0, 0.05) is 28.9 Å². The highest BCUT2D eigenvalue weighted by atomic mass is 79.9. The van der Waals surface area contributed by atoms with Gasteiger partial charge in [0.1, 0.15) is 5.75 Å². The van der Waals surface area contributed by atoms with Crippen LogP contribution in [0.3, 0.4) is 0 Å². The lowest BCUT2D eigenvalue weighted by Crippen LogP contribution is -2.22. The Labute approximate surface area is 121 Å². The number of benzene rings is 1. The van der Waals surface area contributed by atoms with Crippen molar-refractivity contribution >= 4 is 33.4 Å². The van der Waals surface area contributed by atoms with Gasteiger partial charge in [-0.3, -0.25) is 4.79 Å². The molecule has 0 bridgehead atoms. The highest BCUT2D eigenvalue weighted by Crippen LogP contribution is 2.25. The molecular weight excluding hydrogens is 318 g/mol. The highest BCUT2D eigenvalue weighted by molar-refractivity contribution is 9.09. The molecule has 1 N–H and O–H groups in total. The molecule has 0 radical (unpaired) electrons. The molecule has 0 aliphatic carbocycles. The van der Waals surface area contributed by atoms with Crippen molar-refractivity contribution in [2.24, 2.45) is 0 Å². The number of rotatable bonds is 7. The average Bonchev–Trinajstić information content (AvgIpc) is 2.37. The van der Waals surface area contributed by atoms with Crippen LogP contribution in [0.25, 0.3) is 0 Å². The van der Waals surface area contributed by atoms with Crippen LogP contribution in [0.4, 0.5) is 0 Å². The summed E-state index contributed by atoms with van der Waals surface area (Å²) in [6.07, 6.45) is 2.43. The van der Waals surface area contributed by atoms with Crippen molar-refractivity contribution in [1.29, 1.82) is 0 Å². The van der Waals surface area contributed by atoms with Crippen LogP contribution in [0.2, 0.25) is 5.02 Å². The standard InChI is InChI=1S/C13H17BrClNO2/c1-18-12-6-4-5-11(15)10(12)9-16-13(17)7-2-3-8-14/h4-6H,2-3,7-9H2,1H3,(H,16,17). The van der Waals surface area contributed by atoms with Crippen LogP contribution >= 0.6 is 27.5 Å². The molecule has 0 fully saturated rings. The molecule has 1 amide bonds. The number of halogens is 2. The minimum Gasteiger partial charge on any atom is -0.496 e. The van der Waals surface area contributed by atoms with E-state index in [1.165, 1.54) is 0 Å². The van der Waals surface area contributed by atoms with Gasteiger partial charge >= 0.3 is 0 Å². The maximum atomic E-state index is 11.6. The molecule has 3 nitrogen and oxygen atoms in total. The van der Waals surface area contributed by atoms with E-state index in [1.54, 1.807) is 13.2 Å². The quantitative estimate of drug-likeness (QED) is 0.612. The van der Waals surface area contributed by atoms with Crippen LogP contribution in [0.15, 0.2) is 18.2 Å². The summed E-state index contributed by atoms with van der Waals surface area (Å²) in [6.45, 7) is 0.399. The normalized spacial score (nSPS) is 10.2. The third-order valence-electron chi connectivity index (χ3n) is 2.55. The summed E-state index contributed by atoms with van der Waals surface area (Å²) in [6, 6.07) is 5.44. The Balaban J connectivity index is 2.50. The van der Waals surface area contributed by atoms with Gasteiger partial charge in [-0.15, -0.1) is 0 Å². The van der Waals surface area contributed by atoms with Crippen molar-refractivity contribution in [2.45, 2.75) is 25.8 Å². The van der Waals surface area contributed by atoms with Crippen LogP contribution in [0.5, 0.6) is 5.75 Å². The number of carbonyl (C=O) groups excluding carboxylic acids is 1. The van der Waals surface area contributed by atoms with E-state index in [2.05, 4.69) is 21.2 Å². The first-order valence-corrected chi connectivity index (χ1v) is 7.33. The molecule has 1 rings (SSSR count). The molecule has 0 saturated carbocycles. The van der Waals surface area contributed by atoms with E-state index in [0.29, 0.717) is 23.7 Å². The second-order valence-electron chi connectivity index (χ2n) is 3.84. The molecule has 0 aromatic heterocycles. The van der Waals surface area contributed by atoms with Crippen LogP contribution in [0.1, 0.15) is 24.8 Å². The molecule has 0 saturated heterocycles. The Hall–Kier alpha value is -0.740. The molecule has 0 unspecified atom stereocenters.